The zero-order valence-corrected chi connectivity index (χ0v) is 12.0. The number of ether oxygens (including phenoxy) is 1. The van der Waals surface area contributed by atoms with Crippen LogP contribution in [-0.4, -0.2) is 11.7 Å². The molecular formula is C14H13ClFN3O2. The van der Waals surface area contributed by atoms with Crippen molar-refractivity contribution in [3.8, 4) is 11.8 Å². The van der Waals surface area contributed by atoms with Gasteiger partial charge in [0.05, 0.1) is 10.6 Å². The number of halogens is 2. The van der Waals surface area contributed by atoms with Gasteiger partial charge in [0.25, 0.3) is 0 Å². The van der Waals surface area contributed by atoms with Crippen molar-refractivity contribution >= 4 is 11.6 Å². The number of aromatic nitrogens is 1. The quantitative estimate of drug-likeness (QED) is 0.917. The number of hydrogen-bond acceptors (Lipinski definition) is 5. The van der Waals surface area contributed by atoms with Crippen LogP contribution >= 0.6 is 11.6 Å². The number of aryl methyl sites for hydroxylation is 1. The van der Waals surface area contributed by atoms with Crippen LogP contribution in [-0.2, 0) is 0 Å². The second kappa shape index (κ2) is 6.57. The van der Waals surface area contributed by atoms with Crippen molar-refractivity contribution in [1.82, 2.24) is 5.16 Å². The second-order valence-electron chi connectivity index (χ2n) is 4.42. The van der Waals surface area contributed by atoms with Crippen LogP contribution in [0.3, 0.4) is 0 Å². The van der Waals surface area contributed by atoms with E-state index < -0.39 is 11.9 Å². The Kier molecular flexibility index (Phi) is 4.78. The molecule has 0 amide bonds. The van der Waals surface area contributed by atoms with Crippen molar-refractivity contribution in [2.24, 2.45) is 5.73 Å². The molecule has 1 aromatic carbocycles. The van der Waals surface area contributed by atoms with E-state index in [-0.39, 0.29) is 16.3 Å². The topological polar surface area (TPSA) is 85.1 Å². The van der Waals surface area contributed by atoms with Crippen LogP contribution in [0, 0.1) is 24.1 Å². The standard InChI is InChI=1S/C14H13ClFN3O2/c1-8-4-12(19-21-8)13(2-3-17)20-14-6-10(15)11(16)5-9(14)7-18/h4-6,13H,2-3,17H2,1H3. The molecule has 1 unspecified atom stereocenters. The van der Waals surface area contributed by atoms with Gasteiger partial charge in [-0.3, -0.25) is 0 Å². The molecule has 2 aromatic rings. The SMILES string of the molecule is Cc1cc(C(CCN)Oc2cc(Cl)c(F)cc2C#N)no1. The van der Waals surface area contributed by atoms with E-state index in [1.165, 1.54) is 6.07 Å². The third kappa shape index (κ3) is 3.51. The van der Waals surface area contributed by atoms with Gasteiger partial charge in [-0.05, 0) is 19.5 Å². The Morgan fingerprint density at radius 2 is 2.29 bits per heavy atom. The van der Waals surface area contributed by atoms with Crippen LogP contribution in [0.25, 0.3) is 0 Å². The molecule has 0 saturated carbocycles. The van der Waals surface area contributed by atoms with E-state index in [1.807, 2.05) is 6.07 Å². The molecule has 21 heavy (non-hydrogen) atoms. The molecule has 0 saturated heterocycles. The van der Waals surface area contributed by atoms with Crippen molar-refractivity contribution in [3.63, 3.8) is 0 Å². The highest BCUT2D eigenvalue weighted by atomic mass is 35.5. The van der Waals surface area contributed by atoms with E-state index in [0.29, 0.717) is 24.4 Å². The fraction of sp³-hybridized carbons (Fsp3) is 0.286. The number of nitrogens with zero attached hydrogens (tertiary/aromatic N) is 2. The number of benzene rings is 1. The van der Waals surface area contributed by atoms with Crippen LogP contribution in [0.1, 0.15) is 29.5 Å². The zero-order valence-electron chi connectivity index (χ0n) is 11.3. The Labute approximate surface area is 126 Å². The molecule has 0 radical (unpaired) electrons. The molecule has 7 heteroatoms. The van der Waals surface area contributed by atoms with Gasteiger partial charge in [0, 0.05) is 18.6 Å². The molecular weight excluding hydrogens is 297 g/mol. The molecule has 1 heterocycles. The van der Waals surface area contributed by atoms with E-state index in [1.54, 1.807) is 13.0 Å². The lowest BCUT2D eigenvalue weighted by atomic mass is 10.1. The first-order chi connectivity index (χ1) is 10.0. The molecule has 0 aliphatic heterocycles. The van der Waals surface area contributed by atoms with Gasteiger partial charge in [0.1, 0.15) is 35.2 Å². The van der Waals surface area contributed by atoms with Crippen molar-refractivity contribution < 1.29 is 13.7 Å². The van der Waals surface area contributed by atoms with Crippen LogP contribution in [0.15, 0.2) is 22.7 Å². The van der Waals surface area contributed by atoms with Crippen LogP contribution in [0.4, 0.5) is 4.39 Å². The van der Waals surface area contributed by atoms with Crippen LogP contribution in [0.2, 0.25) is 5.02 Å². The lowest BCUT2D eigenvalue weighted by Crippen LogP contribution is -2.14. The Morgan fingerprint density at radius 3 is 2.86 bits per heavy atom. The lowest BCUT2D eigenvalue weighted by molar-refractivity contribution is 0.186. The van der Waals surface area contributed by atoms with Gasteiger partial charge in [0.15, 0.2) is 0 Å². The van der Waals surface area contributed by atoms with E-state index >= 15 is 0 Å². The van der Waals surface area contributed by atoms with Gasteiger partial charge in [-0.15, -0.1) is 0 Å². The van der Waals surface area contributed by atoms with Gasteiger partial charge in [-0.2, -0.15) is 5.26 Å². The molecule has 2 N–H and O–H groups in total. The van der Waals surface area contributed by atoms with Crippen LogP contribution < -0.4 is 10.5 Å². The second-order valence-corrected chi connectivity index (χ2v) is 4.83. The maximum atomic E-state index is 13.4. The first kappa shape index (κ1) is 15.3. The first-order valence-electron chi connectivity index (χ1n) is 6.24. The third-order valence-corrected chi connectivity index (χ3v) is 3.11. The summed E-state index contributed by atoms with van der Waals surface area (Å²) in [5.41, 5.74) is 6.17. The van der Waals surface area contributed by atoms with Gasteiger partial charge < -0.3 is 15.0 Å². The van der Waals surface area contributed by atoms with Gasteiger partial charge in [-0.25, -0.2) is 4.39 Å². The van der Waals surface area contributed by atoms with Gasteiger partial charge in [0.2, 0.25) is 0 Å². The molecule has 0 spiro atoms. The van der Waals surface area contributed by atoms with E-state index in [2.05, 4.69) is 5.16 Å². The zero-order chi connectivity index (χ0) is 15.4. The molecule has 110 valence electrons. The predicted molar refractivity (Wildman–Crippen MR) is 74.4 cm³/mol. The number of nitrogens with two attached hydrogens (primary N) is 1. The lowest BCUT2D eigenvalue weighted by Gasteiger charge is -2.17. The largest absolute Gasteiger partial charge is 0.482 e. The third-order valence-electron chi connectivity index (χ3n) is 2.82. The average Bonchev–Trinajstić information content (AvgIpc) is 2.88. The minimum Gasteiger partial charge on any atom is -0.482 e. The molecule has 1 atom stereocenters. The Bertz CT molecular complexity index is 681. The monoisotopic (exact) mass is 309 g/mol. The smallest absolute Gasteiger partial charge is 0.145 e. The van der Waals surface area contributed by atoms with Crippen LogP contribution in [0.5, 0.6) is 5.75 Å². The molecule has 0 bridgehead atoms. The summed E-state index contributed by atoms with van der Waals surface area (Å²) >= 11 is 5.73. The van der Waals surface area contributed by atoms with E-state index in [4.69, 9.17) is 31.9 Å². The fourth-order valence-corrected chi connectivity index (χ4v) is 1.98. The summed E-state index contributed by atoms with van der Waals surface area (Å²) in [6.07, 6.45) is -0.0349. The number of rotatable bonds is 5. The summed E-state index contributed by atoms with van der Waals surface area (Å²) in [4.78, 5) is 0. The summed E-state index contributed by atoms with van der Waals surface area (Å²) in [6.45, 7) is 2.11. The summed E-state index contributed by atoms with van der Waals surface area (Å²) in [5, 5.41) is 12.8. The average molecular weight is 310 g/mol. The maximum absolute atomic E-state index is 13.4. The Morgan fingerprint density at radius 1 is 1.52 bits per heavy atom. The fourth-order valence-electron chi connectivity index (χ4n) is 1.82. The molecule has 2 rings (SSSR count). The highest BCUT2D eigenvalue weighted by Gasteiger charge is 2.20. The molecule has 0 fully saturated rings. The summed E-state index contributed by atoms with van der Waals surface area (Å²) in [6, 6.07) is 5.89. The van der Waals surface area contributed by atoms with Gasteiger partial charge in [-0.1, -0.05) is 16.8 Å². The van der Waals surface area contributed by atoms with E-state index in [0.717, 1.165) is 6.07 Å². The van der Waals surface area contributed by atoms with Crippen molar-refractivity contribution in [2.45, 2.75) is 19.4 Å². The summed E-state index contributed by atoms with van der Waals surface area (Å²) in [5.74, 6) is 0.143. The van der Waals surface area contributed by atoms with Crippen molar-refractivity contribution in [2.75, 3.05) is 6.54 Å². The minimum atomic E-state index is -0.673. The summed E-state index contributed by atoms with van der Waals surface area (Å²) in [7, 11) is 0. The first-order valence-corrected chi connectivity index (χ1v) is 6.62. The Hall–Kier alpha value is -2.10. The Balaban J connectivity index is 2.33. The normalized spacial score (nSPS) is 12.0. The molecule has 0 aliphatic carbocycles. The highest BCUT2D eigenvalue weighted by molar-refractivity contribution is 6.30. The number of hydrogen-bond donors (Lipinski definition) is 1. The van der Waals surface area contributed by atoms with Crippen molar-refractivity contribution in [1.29, 1.82) is 5.26 Å². The number of nitriles is 1. The maximum Gasteiger partial charge on any atom is 0.145 e. The molecule has 1 aromatic heterocycles. The molecule has 0 aliphatic rings. The summed E-state index contributed by atoms with van der Waals surface area (Å²) < 4.78 is 24.1. The minimum absolute atomic E-state index is 0.0548. The predicted octanol–water partition coefficient (Wildman–Crippen LogP) is 3.12. The van der Waals surface area contributed by atoms with E-state index in [9.17, 15) is 4.39 Å². The molecule has 5 nitrogen and oxygen atoms in total. The highest BCUT2D eigenvalue weighted by Crippen LogP contribution is 2.31. The van der Waals surface area contributed by atoms with Gasteiger partial charge >= 0.3 is 0 Å². The van der Waals surface area contributed by atoms with Crippen molar-refractivity contribution in [3.05, 3.63) is 46.1 Å².